The van der Waals surface area contributed by atoms with Gasteiger partial charge in [-0.25, -0.2) is 0 Å². The van der Waals surface area contributed by atoms with Crippen LogP contribution < -0.4 is 5.32 Å². The molecule has 5 heteroatoms. The maximum atomic E-state index is 10.7. The Kier molecular flexibility index (Phi) is 3.47. The van der Waals surface area contributed by atoms with Crippen LogP contribution in [-0.4, -0.2) is 11.0 Å². The van der Waals surface area contributed by atoms with Gasteiger partial charge in [-0.3, -0.25) is 10.1 Å². The number of nitriles is 1. The lowest BCUT2D eigenvalue weighted by atomic mass is 10.1. The van der Waals surface area contributed by atoms with E-state index in [0.717, 1.165) is 6.42 Å². The molecule has 18 heavy (non-hydrogen) atoms. The van der Waals surface area contributed by atoms with Gasteiger partial charge in [0.1, 0.15) is 6.07 Å². The van der Waals surface area contributed by atoms with Crippen molar-refractivity contribution in [3.05, 3.63) is 33.9 Å². The van der Waals surface area contributed by atoms with Crippen LogP contribution in [0.2, 0.25) is 0 Å². The van der Waals surface area contributed by atoms with Crippen LogP contribution in [0.25, 0.3) is 0 Å². The molecule has 0 saturated heterocycles. The summed E-state index contributed by atoms with van der Waals surface area (Å²) in [6, 6.07) is 6.75. The predicted octanol–water partition coefficient (Wildman–Crippen LogP) is 3.07. The molecule has 0 aromatic heterocycles. The van der Waals surface area contributed by atoms with Crippen molar-refractivity contribution in [2.24, 2.45) is 5.92 Å². The summed E-state index contributed by atoms with van der Waals surface area (Å²) in [7, 11) is 0. The summed E-state index contributed by atoms with van der Waals surface area (Å²) >= 11 is 0. The third-order valence-electron chi connectivity index (χ3n) is 3.31. The fraction of sp³-hybridized carbons (Fsp3) is 0.462. The summed E-state index contributed by atoms with van der Waals surface area (Å²) in [6.07, 6.45) is 3.44. The van der Waals surface area contributed by atoms with Gasteiger partial charge in [0.2, 0.25) is 0 Å². The summed E-state index contributed by atoms with van der Waals surface area (Å²) in [4.78, 5) is 10.2. The standard InChI is InChI=1S/C13H15N3O2/c1-2-12(9-3-4-9)15-13-6-5-11(16(17)18)7-10(13)8-14/h5-7,9,12,15H,2-4H2,1H3. The average molecular weight is 245 g/mol. The summed E-state index contributed by atoms with van der Waals surface area (Å²) in [5.74, 6) is 0.678. The molecule has 0 aliphatic heterocycles. The number of benzene rings is 1. The van der Waals surface area contributed by atoms with Crippen molar-refractivity contribution in [3.8, 4) is 6.07 Å². The lowest BCUT2D eigenvalue weighted by molar-refractivity contribution is -0.384. The van der Waals surface area contributed by atoms with Crippen molar-refractivity contribution in [3.63, 3.8) is 0 Å². The molecule has 0 amide bonds. The molecule has 5 nitrogen and oxygen atoms in total. The molecule has 0 radical (unpaired) electrons. The van der Waals surface area contributed by atoms with E-state index in [2.05, 4.69) is 12.2 Å². The number of hydrogen-bond acceptors (Lipinski definition) is 4. The Morgan fingerprint density at radius 2 is 2.33 bits per heavy atom. The van der Waals surface area contributed by atoms with E-state index < -0.39 is 4.92 Å². The predicted molar refractivity (Wildman–Crippen MR) is 68.2 cm³/mol. The van der Waals surface area contributed by atoms with Gasteiger partial charge in [0.05, 0.1) is 16.2 Å². The van der Waals surface area contributed by atoms with Crippen molar-refractivity contribution in [1.82, 2.24) is 0 Å². The Morgan fingerprint density at radius 1 is 1.61 bits per heavy atom. The third-order valence-corrected chi connectivity index (χ3v) is 3.31. The largest absolute Gasteiger partial charge is 0.381 e. The molecule has 2 rings (SSSR count). The highest BCUT2D eigenvalue weighted by molar-refractivity contribution is 5.61. The van der Waals surface area contributed by atoms with Crippen LogP contribution in [0.1, 0.15) is 31.7 Å². The second-order valence-corrected chi connectivity index (χ2v) is 4.60. The molecule has 94 valence electrons. The second-order valence-electron chi connectivity index (χ2n) is 4.60. The number of non-ortho nitro benzene ring substituents is 1. The molecule has 1 N–H and O–H groups in total. The van der Waals surface area contributed by atoms with Crippen LogP contribution >= 0.6 is 0 Å². The number of rotatable bonds is 5. The van der Waals surface area contributed by atoms with E-state index in [-0.39, 0.29) is 5.69 Å². The molecular formula is C13H15N3O2. The number of nitrogens with zero attached hydrogens (tertiary/aromatic N) is 2. The molecular weight excluding hydrogens is 230 g/mol. The quantitative estimate of drug-likeness (QED) is 0.638. The van der Waals surface area contributed by atoms with E-state index in [0.29, 0.717) is 23.2 Å². The topological polar surface area (TPSA) is 79.0 Å². The van der Waals surface area contributed by atoms with E-state index in [9.17, 15) is 10.1 Å². The Balaban J connectivity index is 2.22. The first-order valence-corrected chi connectivity index (χ1v) is 6.10. The number of nitro groups is 1. The zero-order valence-electron chi connectivity index (χ0n) is 10.2. The molecule has 0 heterocycles. The van der Waals surface area contributed by atoms with Crippen LogP contribution in [0.15, 0.2) is 18.2 Å². The van der Waals surface area contributed by atoms with E-state index >= 15 is 0 Å². The Bertz CT molecular complexity index is 503. The minimum absolute atomic E-state index is 0.0448. The van der Waals surface area contributed by atoms with Gasteiger partial charge in [-0.05, 0) is 31.2 Å². The molecule has 1 aliphatic rings. The van der Waals surface area contributed by atoms with Crippen molar-refractivity contribution in [1.29, 1.82) is 5.26 Å². The normalized spacial score (nSPS) is 15.8. The molecule has 1 unspecified atom stereocenters. The van der Waals surface area contributed by atoms with Gasteiger partial charge < -0.3 is 5.32 Å². The zero-order valence-corrected chi connectivity index (χ0v) is 10.2. The first-order valence-electron chi connectivity index (χ1n) is 6.10. The Morgan fingerprint density at radius 3 is 2.83 bits per heavy atom. The van der Waals surface area contributed by atoms with Crippen molar-refractivity contribution >= 4 is 11.4 Å². The van der Waals surface area contributed by atoms with Crippen LogP contribution in [0.4, 0.5) is 11.4 Å². The first-order chi connectivity index (χ1) is 8.65. The fourth-order valence-electron chi connectivity index (χ4n) is 2.12. The number of nitro benzene ring substituents is 1. The van der Waals surface area contributed by atoms with Gasteiger partial charge >= 0.3 is 0 Å². The second kappa shape index (κ2) is 5.05. The zero-order chi connectivity index (χ0) is 13.1. The lowest BCUT2D eigenvalue weighted by Crippen LogP contribution is -2.21. The summed E-state index contributed by atoms with van der Waals surface area (Å²) < 4.78 is 0. The lowest BCUT2D eigenvalue weighted by Gasteiger charge is -2.18. The van der Waals surface area contributed by atoms with E-state index in [1.165, 1.54) is 25.0 Å². The van der Waals surface area contributed by atoms with Crippen LogP contribution in [-0.2, 0) is 0 Å². The highest BCUT2D eigenvalue weighted by Gasteiger charge is 2.30. The van der Waals surface area contributed by atoms with Crippen LogP contribution in [0.3, 0.4) is 0 Å². The highest BCUT2D eigenvalue weighted by atomic mass is 16.6. The molecule has 0 spiro atoms. The summed E-state index contributed by atoms with van der Waals surface area (Å²) in [5, 5.41) is 23.0. The molecule has 1 aromatic rings. The van der Waals surface area contributed by atoms with Gasteiger partial charge in [0.25, 0.3) is 5.69 Å². The van der Waals surface area contributed by atoms with Gasteiger partial charge in [0, 0.05) is 18.2 Å². The van der Waals surface area contributed by atoms with Gasteiger partial charge in [-0.2, -0.15) is 5.26 Å². The van der Waals surface area contributed by atoms with E-state index in [1.807, 2.05) is 6.07 Å². The van der Waals surface area contributed by atoms with E-state index in [4.69, 9.17) is 5.26 Å². The molecule has 0 bridgehead atoms. The number of anilines is 1. The number of hydrogen-bond donors (Lipinski definition) is 1. The Hall–Kier alpha value is -2.09. The molecule has 1 aliphatic carbocycles. The molecule has 1 atom stereocenters. The number of nitrogens with one attached hydrogen (secondary N) is 1. The highest BCUT2D eigenvalue weighted by Crippen LogP contribution is 2.36. The monoisotopic (exact) mass is 245 g/mol. The minimum Gasteiger partial charge on any atom is -0.381 e. The summed E-state index contributed by atoms with van der Waals surface area (Å²) in [5.41, 5.74) is 0.988. The van der Waals surface area contributed by atoms with Gasteiger partial charge in [-0.15, -0.1) is 0 Å². The van der Waals surface area contributed by atoms with Crippen LogP contribution in [0.5, 0.6) is 0 Å². The van der Waals surface area contributed by atoms with Gasteiger partial charge in [-0.1, -0.05) is 6.92 Å². The van der Waals surface area contributed by atoms with Gasteiger partial charge in [0.15, 0.2) is 0 Å². The maximum Gasteiger partial charge on any atom is 0.270 e. The molecule has 1 fully saturated rings. The van der Waals surface area contributed by atoms with Crippen molar-refractivity contribution in [2.45, 2.75) is 32.2 Å². The SMILES string of the molecule is CCC(Nc1ccc([N+](=O)[O-])cc1C#N)C1CC1. The third kappa shape index (κ3) is 2.59. The smallest absolute Gasteiger partial charge is 0.270 e. The van der Waals surface area contributed by atoms with E-state index in [1.54, 1.807) is 6.07 Å². The van der Waals surface area contributed by atoms with Crippen molar-refractivity contribution in [2.75, 3.05) is 5.32 Å². The first kappa shape index (κ1) is 12.4. The Labute approximate surface area is 106 Å². The summed E-state index contributed by atoms with van der Waals surface area (Å²) in [6.45, 7) is 2.10. The molecule has 1 aromatic carbocycles. The average Bonchev–Trinajstić information content (AvgIpc) is 3.20. The molecule has 1 saturated carbocycles. The van der Waals surface area contributed by atoms with Crippen molar-refractivity contribution < 1.29 is 4.92 Å². The minimum atomic E-state index is -0.483. The fourth-order valence-corrected chi connectivity index (χ4v) is 2.12. The van der Waals surface area contributed by atoms with Crippen LogP contribution in [0, 0.1) is 27.4 Å². The maximum absolute atomic E-state index is 10.7.